The maximum atomic E-state index is 12.1. The van der Waals surface area contributed by atoms with Crippen molar-refractivity contribution in [1.29, 1.82) is 0 Å². The Morgan fingerprint density at radius 2 is 1.83 bits per heavy atom. The average molecular weight is 338 g/mol. The van der Waals surface area contributed by atoms with Crippen molar-refractivity contribution in [3.63, 3.8) is 0 Å². The van der Waals surface area contributed by atoms with E-state index in [4.69, 9.17) is 0 Å². The maximum Gasteiger partial charge on any atom is 0.226 e. The highest BCUT2D eigenvalue weighted by Gasteiger charge is 2.12. The highest BCUT2D eigenvalue weighted by molar-refractivity contribution is 7.22. The molecule has 0 aliphatic heterocycles. The topological polar surface area (TPSA) is 59.1 Å². The SMILES string of the molecule is Cc1cc(C)c2nc(NC(=O)CCC(=O)c3ccccc3)sc2c1. The summed E-state index contributed by atoms with van der Waals surface area (Å²) in [5.41, 5.74) is 3.83. The minimum absolute atomic E-state index is 0.0264. The van der Waals surface area contributed by atoms with Crippen molar-refractivity contribution in [3.8, 4) is 0 Å². The molecule has 0 saturated carbocycles. The van der Waals surface area contributed by atoms with Gasteiger partial charge in [-0.1, -0.05) is 47.7 Å². The minimum Gasteiger partial charge on any atom is -0.302 e. The van der Waals surface area contributed by atoms with Crippen LogP contribution in [0.25, 0.3) is 10.2 Å². The molecule has 0 radical (unpaired) electrons. The van der Waals surface area contributed by atoms with E-state index in [1.807, 2.05) is 32.0 Å². The zero-order chi connectivity index (χ0) is 17.1. The van der Waals surface area contributed by atoms with Crippen LogP contribution in [-0.2, 0) is 4.79 Å². The molecule has 5 heteroatoms. The number of carbonyl (C=O) groups is 2. The third kappa shape index (κ3) is 3.68. The fraction of sp³-hybridized carbons (Fsp3) is 0.211. The molecule has 0 fully saturated rings. The number of thiazole rings is 1. The number of hydrogen-bond acceptors (Lipinski definition) is 4. The quantitative estimate of drug-likeness (QED) is 0.696. The fourth-order valence-corrected chi connectivity index (χ4v) is 3.66. The lowest BCUT2D eigenvalue weighted by atomic mass is 10.1. The lowest BCUT2D eigenvalue weighted by molar-refractivity contribution is -0.116. The van der Waals surface area contributed by atoms with E-state index in [0.29, 0.717) is 10.7 Å². The molecule has 0 spiro atoms. The first-order chi connectivity index (χ1) is 11.5. The number of amides is 1. The fourth-order valence-electron chi connectivity index (χ4n) is 2.60. The summed E-state index contributed by atoms with van der Waals surface area (Å²) in [5.74, 6) is -0.214. The maximum absolute atomic E-state index is 12.1. The zero-order valence-electron chi connectivity index (χ0n) is 13.6. The highest BCUT2D eigenvalue weighted by Crippen LogP contribution is 2.29. The molecule has 1 N–H and O–H groups in total. The molecular formula is C19H18N2O2S. The van der Waals surface area contributed by atoms with E-state index in [2.05, 4.69) is 22.4 Å². The molecule has 24 heavy (non-hydrogen) atoms. The van der Waals surface area contributed by atoms with Crippen LogP contribution in [0.15, 0.2) is 42.5 Å². The Labute approximate surface area is 144 Å². The molecule has 0 saturated heterocycles. The average Bonchev–Trinajstić information content (AvgIpc) is 2.96. The Hall–Kier alpha value is -2.53. The third-order valence-corrected chi connectivity index (χ3v) is 4.67. The molecule has 0 atom stereocenters. The molecule has 1 amide bonds. The van der Waals surface area contributed by atoms with Crippen LogP contribution in [0.4, 0.5) is 5.13 Å². The molecule has 122 valence electrons. The van der Waals surface area contributed by atoms with Gasteiger partial charge in [-0.15, -0.1) is 0 Å². The zero-order valence-corrected chi connectivity index (χ0v) is 14.4. The Bertz CT molecular complexity index is 900. The number of rotatable bonds is 5. The molecule has 0 bridgehead atoms. The highest BCUT2D eigenvalue weighted by atomic mass is 32.1. The van der Waals surface area contributed by atoms with Gasteiger partial charge in [0.05, 0.1) is 10.2 Å². The van der Waals surface area contributed by atoms with E-state index in [9.17, 15) is 9.59 Å². The first-order valence-corrected chi connectivity index (χ1v) is 8.60. The predicted molar refractivity (Wildman–Crippen MR) is 97.7 cm³/mol. The van der Waals surface area contributed by atoms with E-state index >= 15 is 0 Å². The second-order valence-corrected chi connectivity index (χ2v) is 6.82. The summed E-state index contributed by atoms with van der Waals surface area (Å²) >= 11 is 1.46. The van der Waals surface area contributed by atoms with Crippen LogP contribution in [-0.4, -0.2) is 16.7 Å². The summed E-state index contributed by atoms with van der Waals surface area (Å²) < 4.78 is 1.06. The molecule has 3 aromatic rings. The Balaban J connectivity index is 1.63. The first-order valence-electron chi connectivity index (χ1n) is 7.79. The molecular weight excluding hydrogens is 320 g/mol. The Morgan fingerprint density at radius 1 is 1.08 bits per heavy atom. The Kier molecular flexibility index (Phi) is 4.71. The van der Waals surface area contributed by atoms with E-state index in [-0.39, 0.29) is 24.5 Å². The van der Waals surface area contributed by atoms with Gasteiger partial charge < -0.3 is 5.32 Å². The number of aromatic nitrogens is 1. The number of anilines is 1. The molecule has 4 nitrogen and oxygen atoms in total. The molecule has 1 aromatic heterocycles. The normalized spacial score (nSPS) is 10.8. The first kappa shape index (κ1) is 16.3. The van der Waals surface area contributed by atoms with Gasteiger partial charge in [-0.25, -0.2) is 4.98 Å². The van der Waals surface area contributed by atoms with Crippen molar-refractivity contribution < 1.29 is 9.59 Å². The van der Waals surface area contributed by atoms with Crippen molar-refractivity contribution in [3.05, 3.63) is 59.2 Å². The second-order valence-electron chi connectivity index (χ2n) is 5.78. The molecule has 0 aliphatic rings. The van der Waals surface area contributed by atoms with Crippen LogP contribution >= 0.6 is 11.3 Å². The van der Waals surface area contributed by atoms with Gasteiger partial charge in [-0.3, -0.25) is 9.59 Å². The monoisotopic (exact) mass is 338 g/mol. The van der Waals surface area contributed by atoms with Crippen LogP contribution in [0.5, 0.6) is 0 Å². The van der Waals surface area contributed by atoms with Gasteiger partial charge in [0, 0.05) is 18.4 Å². The lowest BCUT2D eigenvalue weighted by Gasteiger charge is -2.02. The number of benzene rings is 2. The standard InChI is InChI=1S/C19H18N2O2S/c1-12-10-13(2)18-16(11-12)24-19(21-18)20-17(23)9-8-15(22)14-6-4-3-5-7-14/h3-7,10-11H,8-9H2,1-2H3,(H,20,21,23). The number of carbonyl (C=O) groups excluding carboxylic acids is 2. The van der Waals surface area contributed by atoms with Gasteiger partial charge in [0.15, 0.2) is 10.9 Å². The van der Waals surface area contributed by atoms with Gasteiger partial charge in [0.1, 0.15) is 0 Å². The summed E-state index contributed by atoms with van der Waals surface area (Å²) in [7, 11) is 0. The van der Waals surface area contributed by atoms with Crippen molar-refractivity contribution in [2.75, 3.05) is 5.32 Å². The van der Waals surface area contributed by atoms with E-state index < -0.39 is 0 Å². The van der Waals surface area contributed by atoms with E-state index in [0.717, 1.165) is 15.8 Å². The minimum atomic E-state index is -0.187. The summed E-state index contributed by atoms with van der Waals surface area (Å²) in [6, 6.07) is 13.2. The van der Waals surface area contributed by atoms with Crippen LogP contribution in [0, 0.1) is 13.8 Å². The van der Waals surface area contributed by atoms with Crippen LogP contribution in [0.1, 0.15) is 34.3 Å². The van der Waals surface area contributed by atoms with Crippen molar-refractivity contribution in [2.24, 2.45) is 0 Å². The molecule has 3 rings (SSSR count). The summed E-state index contributed by atoms with van der Waals surface area (Å²) in [4.78, 5) is 28.6. The molecule has 0 unspecified atom stereocenters. The molecule has 2 aromatic carbocycles. The smallest absolute Gasteiger partial charge is 0.226 e. The number of aryl methyl sites for hydroxylation is 2. The largest absolute Gasteiger partial charge is 0.302 e. The van der Waals surface area contributed by atoms with Gasteiger partial charge >= 0.3 is 0 Å². The number of Topliss-reactive ketones (excluding diaryl/α,β-unsaturated/α-hetero) is 1. The summed E-state index contributed by atoms with van der Waals surface area (Å²) in [6.45, 7) is 4.05. The van der Waals surface area contributed by atoms with Crippen molar-refractivity contribution in [2.45, 2.75) is 26.7 Å². The number of ketones is 1. The van der Waals surface area contributed by atoms with Crippen molar-refractivity contribution in [1.82, 2.24) is 4.98 Å². The molecule has 1 heterocycles. The van der Waals surface area contributed by atoms with Gasteiger partial charge in [0.2, 0.25) is 5.91 Å². The lowest BCUT2D eigenvalue weighted by Crippen LogP contribution is -2.13. The van der Waals surface area contributed by atoms with Gasteiger partial charge in [-0.05, 0) is 31.0 Å². The Morgan fingerprint density at radius 3 is 2.58 bits per heavy atom. The summed E-state index contributed by atoms with van der Waals surface area (Å²) in [5, 5.41) is 3.38. The predicted octanol–water partition coefficient (Wildman–Crippen LogP) is 4.51. The van der Waals surface area contributed by atoms with E-state index in [1.165, 1.54) is 16.9 Å². The number of nitrogens with one attached hydrogen (secondary N) is 1. The summed E-state index contributed by atoms with van der Waals surface area (Å²) in [6.07, 6.45) is 0.348. The van der Waals surface area contributed by atoms with Gasteiger partial charge in [0.25, 0.3) is 0 Å². The van der Waals surface area contributed by atoms with Crippen LogP contribution < -0.4 is 5.32 Å². The van der Waals surface area contributed by atoms with Gasteiger partial charge in [-0.2, -0.15) is 0 Å². The second kappa shape index (κ2) is 6.93. The third-order valence-electron chi connectivity index (χ3n) is 3.75. The number of fused-ring (bicyclic) bond motifs is 1. The van der Waals surface area contributed by atoms with Crippen LogP contribution in [0.3, 0.4) is 0 Å². The number of nitrogens with zero attached hydrogens (tertiary/aromatic N) is 1. The number of hydrogen-bond donors (Lipinski definition) is 1. The van der Waals surface area contributed by atoms with Crippen LogP contribution in [0.2, 0.25) is 0 Å². The molecule has 0 aliphatic carbocycles. The van der Waals surface area contributed by atoms with Crippen molar-refractivity contribution >= 4 is 38.4 Å². The van der Waals surface area contributed by atoms with E-state index in [1.54, 1.807) is 12.1 Å².